The van der Waals surface area contributed by atoms with E-state index < -0.39 is 11.6 Å². The highest BCUT2D eigenvalue weighted by atomic mass is 32.2. The third-order valence-corrected chi connectivity index (χ3v) is 3.82. The van der Waals surface area contributed by atoms with Gasteiger partial charge in [-0.3, -0.25) is 4.79 Å². The Morgan fingerprint density at radius 2 is 1.81 bits per heavy atom. The van der Waals surface area contributed by atoms with Crippen LogP contribution in [0.25, 0.3) is 0 Å². The van der Waals surface area contributed by atoms with Crippen LogP contribution in [0.5, 0.6) is 0 Å². The molecule has 21 heavy (non-hydrogen) atoms. The van der Waals surface area contributed by atoms with Crippen molar-refractivity contribution in [3.05, 3.63) is 59.7 Å². The second-order valence-electron chi connectivity index (χ2n) is 4.59. The van der Waals surface area contributed by atoms with Crippen LogP contribution in [-0.4, -0.2) is 11.7 Å². The van der Waals surface area contributed by atoms with Crippen molar-refractivity contribution >= 4 is 23.4 Å². The zero-order chi connectivity index (χ0) is 15.2. The van der Waals surface area contributed by atoms with Crippen LogP contribution in [0.4, 0.5) is 14.5 Å². The molecular weight excluding hydrogens is 292 g/mol. The van der Waals surface area contributed by atoms with Crippen LogP contribution in [0.15, 0.2) is 47.4 Å². The van der Waals surface area contributed by atoms with E-state index in [-0.39, 0.29) is 5.91 Å². The Balaban J connectivity index is 1.78. The zero-order valence-corrected chi connectivity index (χ0v) is 12.3. The van der Waals surface area contributed by atoms with Gasteiger partial charge < -0.3 is 5.32 Å². The number of anilines is 1. The minimum atomic E-state index is -0.871. The Hall–Kier alpha value is -1.88. The van der Waals surface area contributed by atoms with Crippen LogP contribution in [0.3, 0.4) is 0 Å². The number of hydrogen-bond acceptors (Lipinski definition) is 2. The van der Waals surface area contributed by atoms with Gasteiger partial charge in [-0.05, 0) is 37.3 Å². The normalized spacial score (nSPS) is 10.4. The van der Waals surface area contributed by atoms with Gasteiger partial charge in [0, 0.05) is 22.8 Å². The third-order valence-electron chi connectivity index (χ3n) is 2.82. The van der Waals surface area contributed by atoms with E-state index >= 15 is 0 Å². The lowest BCUT2D eigenvalue weighted by molar-refractivity contribution is -0.115. The van der Waals surface area contributed by atoms with Gasteiger partial charge in [0.1, 0.15) is 0 Å². The van der Waals surface area contributed by atoms with Gasteiger partial charge in [0.2, 0.25) is 5.91 Å². The molecule has 0 saturated heterocycles. The predicted octanol–water partition coefficient (Wildman–Crippen LogP) is 4.39. The first kappa shape index (κ1) is 15.5. The molecule has 110 valence electrons. The van der Waals surface area contributed by atoms with E-state index in [0.717, 1.165) is 23.4 Å². The Bertz CT molecular complexity index is 629. The molecule has 2 aromatic carbocycles. The van der Waals surface area contributed by atoms with Gasteiger partial charge in [-0.15, -0.1) is 11.8 Å². The molecule has 0 aliphatic carbocycles. The van der Waals surface area contributed by atoms with Crippen LogP contribution in [0.1, 0.15) is 12.0 Å². The molecule has 2 nitrogen and oxygen atoms in total. The third kappa shape index (κ3) is 4.86. The summed E-state index contributed by atoms with van der Waals surface area (Å²) in [5, 5.41) is 2.79. The first-order valence-corrected chi connectivity index (χ1v) is 7.47. The Morgan fingerprint density at radius 3 is 2.48 bits per heavy atom. The Kier molecular flexibility index (Phi) is 5.33. The smallest absolute Gasteiger partial charge is 0.225 e. The average Bonchev–Trinajstić information content (AvgIpc) is 2.45. The molecule has 0 radical (unpaired) electrons. The highest BCUT2D eigenvalue weighted by Gasteiger charge is 2.05. The van der Waals surface area contributed by atoms with Crippen molar-refractivity contribution in [1.82, 2.24) is 0 Å². The number of carbonyl (C=O) groups is 1. The topological polar surface area (TPSA) is 29.1 Å². The number of carbonyl (C=O) groups excluding carboxylic acids is 1. The molecular formula is C16H15F2NOS. The highest BCUT2D eigenvalue weighted by molar-refractivity contribution is 7.99. The van der Waals surface area contributed by atoms with Crippen LogP contribution < -0.4 is 5.32 Å². The van der Waals surface area contributed by atoms with Crippen molar-refractivity contribution in [2.24, 2.45) is 0 Å². The number of halogens is 2. The van der Waals surface area contributed by atoms with Gasteiger partial charge in [0.25, 0.3) is 0 Å². The van der Waals surface area contributed by atoms with Crippen LogP contribution >= 0.6 is 11.8 Å². The van der Waals surface area contributed by atoms with Crippen LogP contribution in [0.2, 0.25) is 0 Å². The van der Waals surface area contributed by atoms with Crippen molar-refractivity contribution in [1.29, 1.82) is 0 Å². The molecule has 2 aromatic rings. The number of benzene rings is 2. The quantitative estimate of drug-likeness (QED) is 0.830. The molecule has 1 N–H and O–H groups in total. The second-order valence-corrected chi connectivity index (χ2v) is 5.76. The monoisotopic (exact) mass is 307 g/mol. The zero-order valence-electron chi connectivity index (χ0n) is 11.5. The summed E-state index contributed by atoms with van der Waals surface area (Å²) in [4.78, 5) is 12.4. The van der Waals surface area contributed by atoms with E-state index in [2.05, 4.69) is 5.32 Å². The molecule has 0 heterocycles. The maximum Gasteiger partial charge on any atom is 0.225 e. The maximum atomic E-state index is 13.0. The van der Waals surface area contributed by atoms with E-state index in [1.807, 2.05) is 31.2 Å². The van der Waals surface area contributed by atoms with Gasteiger partial charge >= 0.3 is 0 Å². The molecule has 0 unspecified atom stereocenters. The van der Waals surface area contributed by atoms with E-state index in [4.69, 9.17) is 0 Å². The van der Waals surface area contributed by atoms with Gasteiger partial charge in [-0.1, -0.05) is 17.7 Å². The van der Waals surface area contributed by atoms with Crippen LogP contribution in [-0.2, 0) is 4.79 Å². The summed E-state index contributed by atoms with van der Waals surface area (Å²) in [6, 6.07) is 11.3. The van der Waals surface area contributed by atoms with Crippen LogP contribution in [0, 0.1) is 18.6 Å². The fraction of sp³-hybridized carbons (Fsp3) is 0.188. The lowest BCUT2D eigenvalue weighted by Crippen LogP contribution is -2.12. The number of amides is 1. The molecule has 0 aliphatic heterocycles. The molecule has 5 heteroatoms. The van der Waals surface area contributed by atoms with Crippen molar-refractivity contribution in [2.45, 2.75) is 18.2 Å². The number of thioether (sulfide) groups is 1. The minimum absolute atomic E-state index is 0.103. The van der Waals surface area contributed by atoms with Gasteiger partial charge in [0.05, 0.1) is 0 Å². The summed E-state index contributed by atoms with van der Waals surface area (Å²) in [6.07, 6.45) is 0.303. The SMILES string of the molecule is Cc1ccc(NC(=O)CCSc2ccc(F)c(F)c2)cc1. The summed E-state index contributed by atoms with van der Waals surface area (Å²) in [7, 11) is 0. The molecule has 1 amide bonds. The number of nitrogens with one attached hydrogen (secondary N) is 1. The minimum Gasteiger partial charge on any atom is -0.326 e. The van der Waals surface area contributed by atoms with E-state index in [0.29, 0.717) is 17.1 Å². The largest absolute Gasteiger partial charge is 0.326 e. The fourth-order valence-electron chi connectivity index (χ4n) is 1.69. The lowest BCUT2D eigenvalue weighted by Gasteiger charge is -2.06. The first-order valence-electron chi connectivity index (χ1n) is 6.49. The molecule has 0 aromatic heterocycles. The molecule has 0 spiro atoms. The van der Waals surface area contributed by atoms with Gasteiger partial charge in [-0.25, -0.2) is 8.78 Å². The van der Waals surface area contributed by atoms with E-state index in [9.17, 15) is 13.6 Å². The Morgan fingerprint density at radius 1 is 1.10 bits per heavy atom. The van der Waals surface area contributed by atoms with E-state index in [1.54, 1.807) is 0 Å². The van der Waals surface area contributed by atoms with Crippen molar-refractivity contribution < 1.29 is 13.6 Å². The lowest BCUT2D eigenvalue weighted by atomic mass is 10.2. The van der Waals surface area contributed by atoms with Gasteiger partial charge in [-0.2, -0.15) is 0 Å². The summed E-state index contributed by atoms with van der Waals surface area (Å²) in [5.74, 6) is -1.34. The summed E-state index contributed by atoms with van der Waals surface area (Å²) >= 11 is 1.32. The van der Waals surface area contributed by atoms with Gasteiger partial charge in [0.15, 0.2) is 11.6 Å². The van der Waals surface area contributed by atoms with Crippen molar-refractivity contribution in [3.63, 3.8) is 0 Å². The Labute approximate surface area is 126 Å². The first-order chi connectivity index (χ1) is 10.0. The number of hydrogen-bond donors (Lipinski definition) is 1. The predicted molar refractivity (Wildman–Crippen MR) is 81.5 cm³/mol. The molecule has 0 bridgehead atoms. The standard InChI is InChI=1S/C16H15F2NOS/c1-11-2-4-12(5-3-11)19-16(20)8-9-21-13-6-7-14(17)15(18)10-13/h2-7,10H,8-9H2,1H3,(H,19,20). The van der Waals surface area contributed by atoms with Crippen molar-refractivity contribution in [2.75, 3.05) is 11.1 Å². The van der Waals surface area contributed by atoms with E-state index in [1.165, 1.54) is 17.8 Å². The molecule has 0 aliphatic rings. The summed E-state index contributed by atoms with van der Waals surface area (Å²) in [5.41, 5.74) is 1.88. The summed E-state index contributed by atoms with van der Waals surface area (Å²) in [6.45, 7) is 1.98. The number of rotatable bonds is 5. The maximum absolute atomic E-state index is 13.0. The highest BCUT2D eigenvalue weighted by Crippen LogP contribution is 2.21. The molecule has 0 fully saturated rings. The number of aryl methyl sites for hydroxylation is 1. The fourth-order valence-corrected chi connectivity index (χ4v) is 2.56. The average molecular weight is 307 g/mol. The molecule has 0 atom stereocenters. The molecule has 2 rings (SSSR count). The van der Waals surface area contributed by atoms with Crippen molar-refractivity contribution in [3.8, 4) is 0 Å². The summed E-state index contributed by atoms with van der Waals surface area (Å²) < 4.78 is 25.8. The second kappa shape index (κ2) is 7.22. The molecule has 0 saturated carbocycles.